The zero-order valence-electron chi connectivity index (χ0n) is 11.8. The number of thioether (sulfide) groups is 1. The third-order valence-corrected chi connectivity index (χ3v) is 3.78. The van der Waals surface area contributed by atoms with Gasteiger partial charge in [0.25, 0.3) is 0 Å². The van der Waals surface area contributed by atoms with Crippen molar-refractivity contribution in [3.63, 3.8) is 0 Å². The minimum Gasteiger partial charge on any atom is -0.481 e. The largest absolute Gasteiger partial charge is 0.481 e. The van der Waals surface area contributed by atoms with E-state index in [4.69, 9.17) is 5.11 Å². The molecular weight excluding hydrogens is 308 g/mol. The predicted molar refractivity (Wildman–Crippen MR) is 82.0 cm³/mol. The molecule has 0 unspecified atom stereocenters. The number of carboxylic acids is 1. The normalized spacial score (nSPS) is 10.7. The average Bonchev–Trinajstić information content (AvgIpc) is 2.81. The van der Waals surface area contributed by atoms with E-state index in [0.717, 1.165) is 0 Å². The Morgan fingerprint density at radius 3 is 2.91 bits per heavy atom. The van der Waals surface area contributed by atoms with E-state index >= 15 is 0 Å². The molecule has 2 heterocycles. The lowest BCUT2D eigenvalue weighted by molar-refractivity contribution is -0.133. The molecule has 118 valence electrons. The summed E-state index contributed by atoms with van der Waals surface area (Å²) in [5, 5.41) is 15.3. The highest BCUT2D eigenvalue weighted by molar-refractivity contribution is 7.99. The fraction of sp³-hybridized carbons (Fsp3) is 0.385. The number of hydrogen-bond donors (Lipinski definition) is 2. The number of nitrogens with one attached hydrogen (secondary N) is 1. The Kier molecular flexibility index (Phi) is 5.59. The van der Waals surface area contributed by atoms with Crippen molar-refractivity contribution in [1.82, 2.24) is 19.5 Å². The zero-order chi connectivity index (χ0) is 15.9. The van der Waals surface area contributed by atoms with E-state index in [1.54, 1.807) is 24.4 Å². The quantitative estimate of drug-likeness (QED) is 0.653. The van der Waals surface area contributed by atoms with Gasteiger partial charge in [0.2, 0.25) is 5.91 Å². The van der Waals surface area contributed by atoms with Crippen LogP contribution in [0.25, 0.3) is 5.65 Å². The van der Waals surface area contributed by atoms with Gasteiger partial charge in [0.1, 0.15) is 0 Å². The van der Waals surface area contributed by atoms with Crippen LogP contribution >= 0.6 is 11.8 Å². The number of hydrogen-bond acceptors (Lipinski definition) is 5. The lowest BCUT2D eigenvalue weighted by atomic mass is 10.4. The topological polar surface area (TPSA) is 106 Å². The first-order chi connectivity index (χ1) is 10.6. The van der Waals surface area contributed by atoms with Gasteiger partial charge in [-0.3, -0.25) is 14.0 Å². The van der Waals surface area contributed by atoms with Gasteiger partial charge in [0.15, 0.2) is 5.65 Å². The van der Waals surface area contributed by atoms with Crippen LogP contribution in [0.4, 0.5) is 0 Å². The Balaban J connectivity index is 1.77. The van der Waals surface area contributed by atoms with Crippen molar-refractivity contribution >= 4 is 29.3 Å². The molecule has 2 aromatic heterocycles. The van der Waals surface area contributed by atoms with Crippen molar-refractivity contribution in [1.29, 1.82) is 0 Å². The molecule has 0 aliphatic carbocycles. The Morgan fingerprint density at radius 1 is 1.36 bits per heavy atom. The number of carbonyl (C=O) groups is 2. The summed E-state index contributed by atoms with van der Waals surface area (Å²) in [7, 11) is 0. The second kappa shape index (κ2) is 7.64. The third kappa shape index (κ3) is 4.35. The SMILES string of the molecule is O=C(O)CSCCNC(=O)CCn1nc2ccccn2c1=O. The van der Waals surface area contributed by atoms with Crippen LogP contribution < -0.4 is 11.0 Å². The third-order valence-electron chi connectivity index (χ3n) is 2.83. The first-order valence-corrected chi connectivity index (χ1v) is 7.84. The number of pyridine rings is 1. The molecule has 22 heavy (non-hydrogen) atoms. The number of aliphatic carboxylic acids is 1. The average molecular weight is 324 g/mol. The second-order valence-corrected chi connectivity index (χ2v) is 5.59. The van der Waals surface area contributed by atoms with Crippen LogP contribution in [0, 0.1) is 0 Å². The van der Waals surface area contributed by atoms with Gasteiger partial charge in [-0.15, -0.1) is 16.9 Å². The summed E-state index contributed by atoms with van der Waals surface area (Å²) in [6, 6.07) is 5.24. The number of fused-ring (bicyclic) bond motifs is 1. The lowest BCUT2D eigenvalue weighted by Crippen LogP contribution is -2.29. The number of aromatic nitrogens is 3. The number of carbonyl (C=O) groups excluding carboxylic acids is 1. The highest BCUT2D eigenvalue weighted by Crippen LogP contribution is 1.98. The molecule has 0 aliphatic heterocycles. The molecule has 2 N–H and O–H groups in total. The second-order valence-electron chi connectivity index (χ2n) is 4.48. The number of aryl methyl sites for hydroxylation is 1. The van der Waals surface area contributed by atoms with E-state index in [2.05, 4.69) is 10.4 Å². The molecule has 0 atom stereocenters. The van der Waals surface area contributed by atoms with E-state index in [0.29, 0.717) is 17.9 Å². The van der Waals surface area contributed by atoms with E-state index in [9.17, 15) is 14.4 Å². The maximum atomic E-state index is 12.0. The zero-order valence-corrected chi connectivity index (χ0v) is 12.6. The van der Waals surface area contributed by atoms with Crippen LogP contribution in [0.5, 0.6) is 0 Å². The summed E-state index contributed by atoms with van der Waals surface area (Å²) < 4.78 is 2.68. The standard InChI is InChI=1S/C13H16N4O4S/c18-11(14-5-8-22-9-12(19)20)4-7-17-13(21)16-6-2-1-3-10(16)15-17/h1-3,6H,4-5,7-9H2,(H,14,18)(H,19,20). The van der Waals surface area contributed by atoms with Crippen molar-refractivity contribution < 1.29 is 14.7 Å². The summed E-state index contributed by atoms with van der Waals surface area (Å²) in [6.45, 7) is 0.603. The maximum Gasteiger partial charge on any atom is 0.350 e. The molecule has 2 rings (SSSR count). The molecule has 1 amide bonds. The first kappa shape index (κ1) is 16.1. The van der Waals surface area contributed by atoms with E-state index < -0.39 is 5.97 Å². The van der Waals surface area contributed by atoms with E-state index in [-0.39, 0.29) is 30.3 Å². The molecule has 0 saturated carbocycles. The van der Waals surface area contributed by atoms with Gasteiger partial charge < -0.3 is 10.4 Å². The van der Waals surface area contributed by atoms with Crippen LogP contribution in [0.15, 0.2) is 29.2 Å². The highest BCUT2D eigenvalue weighted by Gasteiger charge is 2.08. The number of nitrogens with zero attached hydrogens (tertiary/aromatic N) is 3. The van der Waals surface area contributed by atoms with Crippen LogP contribution in [0.2, 0.25) is 0 Å². The fourth-order valence-electron chi connectivity index (χ4n) is 1.83. The van der Waals surface area contributed by atoms with Crippen molar-refractivity contribution in [2.24, 2.45) is 0 Å². The Morgan fingerprint density at radius 2 is 2.18 bits per heavy atom. The van der Waals surface area contributed by atoms with Gasteiger partial charge in [0, 0.05) is 24.9 Å². The van der Waals surface area contributed by atoms with E-state index in [1.807, 2.05) is 0 Å². The van der Waals surface area contributed by atoms with Crippen LogP contribution in [0.1, 0.15) is 6.42 Å². The molecule has 2 aromatic rings. The molecule has 0 radical (unpaired) electrons. The van der Waals surface area contributed by atoms with Gasteiger partial charge in [-0.1, -0.05) is 6.07 Å². The summed E-state index contributed by atoms with van der Waals surface area (Å²) >= 11 is 1.24. The summed E-state index contributed by atoms with van der Waals surface area (Å²) in [5.74, 6) is -0.513. The smallest absolute Gasteiger partial charge is 0.350 e. The lowest BCUT2D eigenvalue weighted by Gasteiger charge is -2.04. The van der Waals surface area contributed by atoms with Gasteiger partial charge in [-0.25, -0.2) is 9.48 Å². The molecule has 8 nitrogen and oxygen atoms in total. The first-order valence-electron chi connectivity index (χ1n) is 6.68. The molecule has 0 fully saturated rings. The van der Waals surface area contributed by atoms with Gasteiger partial charge in [-0.2, -0.15) is 0 Å². The van der Waals surface area contributed by atoms with Crippen LogP contribution in [-0.4, -0.2) is 49.2 Å². The van der Waals surface area contributed by atoms with Crippen molar-refractivity contribution in [2.45, 2.75) is 13.0 Å². The van der Waals surface area contributed by atoms with Crippen molar-refractivity contribution in [3.8, 4) is 0 Å². The predicted octanol–water partition coefficient (Wildman–Crippen LogP) is -0.180. The Bertz CT molecular complexity index is 724. The minimum atomic E-state index is -0.873. The molecule has 0 bridgehead atoms. The van der Waals surface area contributed by atoms with Gasteiger partial charge in [-0.05, 0) is 12.1 Å². The van der Waals surface area contributed by atoms with Crippen LogP contribution in [-0.2, 0) is 16.1 Å². The molecule has 0 saturated heterocycles. The fourth-order valence-corrected chi connectivity index (χ4v) is 2.40. The molecule has 0 aliphatic rings. The van der Waals surface area contributed by atoms with Gasteiger partial charge in [0.05, 0.1) is 12.3 Å². The maximum absolute atomic E-state index is 12.0. The summed E-state index contributed by atoms with van der Waals surface area (Å²) in [4.78, 5) is 33.9. The summed E-state index contributed by atoms with van der Waals surface area (Å²) in [5.41, 5.74) is 0.262. The highest BCUT2D eigenvalue weighted by atomic mass is 32.2. The number of rotatable bonds is 8. The van der Waals surface area contributed by atoms with Gasteiger partial charge >= 0.3 is 11.7 Å². The van der Waals surface area contributed by atoms with Crippen LogP contribution in [0.3, 0.4) is 0 Å². The minimum absolute atomic E-state index is 0.0203. The Labute approximate surface area is 130 Å². The molecule has 0 spiro atoms. The molecular formula is C13H16N4O4S. The van der Waals surface area contributed by atoms with Crippen molar-refractivity contribution in [2.75, 3.05) is 18.1 Å². The monoisotopic (exact) mass is 324 g/mol. The molecule has 9 heteroatoms. The number of amides is 1. The van der Waals surface area contributed by atoms with Crippen molar-refractivity contribution in [3.05, 3.63) is 34.9 Å². The number of carboxylic acid groups (broad SMARTS) is 1. The Hall–Kier alpha value is -2.29. The summed E-state index contributed by atoms with van der Waals surface area (Å²) in [6.07, 6.45) is 1.77. The van der Waals surface area contributed by atoms with E-state index in [1.165, 1.54) is 20.8 Å². The molecule has 0 aromatic carbocycles.